The Balaban J connectivity index is 0.000000255. The first-order chi connectivity index (χ1) is 6.57. The number of carboxylic acids is 1. The molecule has 1 rings (SSSR count). The van der Waals surface area contributed by atoms with E-state index in [-0.39, 0.29) is 5.57 Å². The molecule has 0 saturated carbocycles. The molecule has 0 aliphatic heterocycles. The maximum Gasteiger partial charge on any atom is 0.330 e. The summed E-state index contributed by atoms with van der Waals surface area (Å²) in [7, 11) is 0. The second-order valence-electron chi connectivity index (χ2n) is 2.60. The van der Waals surface area contributed by atoms with Gasteiger partial charge in [0.15, 0.2) is 0 Å². The van der Waals surface area contributed by atoms with Gasteiger partial charge in [-0.25, -0.2) is 4.79 Å². The molecule has 1 aromatic carbocycles. The number of hydrazine groups is 1. The van der Waals surface area contributed by atoms with E-state index in [4.69, 9.17) is 10.9 Å². The van der Waals surface area contributed by atoms with Gasteiger partial charge in [-0.15, -0.1) is 0 Å². The Morgan fingerprint density at radius 2 is 1.86 bits per heavy atom. The number of nitrogens with one attached hydrogen (secondary N) is 1. The van der Waals surface area contributed by atoms with Crippen molar-refractivity contribution in [3.63, 3.8) is 0 Å². The molecule has 0 aliphatic rings. The number of hydrogen-bond acceptors (Lipinski definition) is 3. The molecule has 0 unspecified atom stereocenters. The van der Waals surface area contributed by atoms with Gasteiger partial charge in [-0.2, -0.15) is 0 Å². The highest BCUT2D eigenvalue weighted by Crippen LogP contribution is 2.00. The minimum atomic E-state index is -0.935. The lowest BCUT2D eigenvalue weighted by molar-refractivity contribution is -0.132. The van der Waals surface area contributed by atoms with Crippen molar-refractivity contribution < 1.29 is 9.90 Å². The number of para-hydroxylation sites is 1. The van der Waals surface area contributed by atoms with Crippen molar-refractivity contribution in [2.24, 2.45) is 5.84 Å². The van der Waals surface area contributed by atoms with Crippen molar-refractivity contribution in [2.45, 2.75) is 6.92 Å². The zero-order valence-electron chi connectivity index (χ0n) is 8.03. The van der Waals surface area contributed by atoms with Crippen molar-refractivity contribution in [3.05, 3.63) is 42.5 Å². The number of anilines is 1. The molecule has 0 heterocycles. The molecule has 4 nitrogen and oxygen atoms in total. The molecular formula is C10H14N2O2. The third-order valence-corrected chi connectivity index (χ3v) is 1.31. The van der Waals surface area contributed by atoms with Crippen molar-refractivity contribution in [3.8, 4) is 0 Å². The highest BCUT2D eigenvalue weighted by molar-refractivity contribution is 5.84. The van der Waals surface area contributed by atoms with Crippen molar-refractivity contribution in [1.29, 1.82) is 0 Å². The first-order valence-electron chi connectivity index (χ1n) is 3.98. The van der Waals surface area contributed by atoms with E-state index in [1.165, 1.54) is 6.92 Å². The second-order valence-corrected chi connectivity index (χ2v) is 2.60. The van der Waals surface area contributed by atoms with E-state index in [2.05, 4.69) is 12.0 Å². The van der Waals surface area contributed by atoms with E-state index in [1.54, 1.807) is 0 Å². The molecule has 4 heteroatoms. The topological polar surface area (TPSA) is 75.3 Å². The molecule has 0 fully saturated rings. The Bertz CT molecular complexity index is 284. The number of carboxylic acid groups (broad SMARTS) is 1. The SMILES string of the molecule is C=C(C)C(=O)O.NNc1ccccc1. The third-order valence-electron chi connectivity index (χ3n) is 1.31. The van der Waals surface area contributed by atoms with Crippen LogP contribution in [0.1, 0.15) is 6.92 Å². The smallest absolute Gasteiger partial charge is 0.330 e. The number of carbonyl (C=O) groups is 1. The van der Waals surface area contributed by atoms with Crippen LogP contribution in [-0.2, 0) is 4.79 Å². The zero-order valence-corrected chi connectivity index (χ0v) is 8.03. The molecule has 4 N–H and O–H groups in total. The van der Waals surface area contributed by atoms with Gasteiger partial charge in [-0.1, -0.05) is 24.8 Å². The monoisotopic (exact) mass is 194 g/mol. The molecule has 0 spiro atoms. The lowest BCUT2D eigenvalue weighted by atomic mass is 10.3. The van der Waals surface area contributed by atoms with Gasteiger partial charge in [0.1, 0.15) is 0 Å². The van der Waals surface area contributed by atoms with Crippen LogP contribution in [0.4, 0.5) is 5.69 Å². The average Bonchev–Trinajstić information content (AvgIpc) is 2.20. The predicted octanol–water partition coefficient (Wildman–Crippen LogP) is 1.62. The summed E-state index contributed by atoms with van der Waals surface area (Å²) in [5.41, 5.74) is 3.64. The number of nitrogen functional groups attached to an aromatic ring is 1. The number of rotatable bonds is 2. The molecule has 0 aliphatic carbocycles. The van der Waals surface area contributed by atoms with E-state index >= 15 is 0 Å². The van der Waals surface area contributed by atoms with E-state index in [0.717, 1.165) is 5.69 Å². The van der Waals surface area contributed by atoms with Crippen LogP contribution in [0.5, 0.6) is 0 Å². The van der Waals surface area contributed by atoms with Gasteiger partial charge in [0.05, 0.1) is 0 Å². The normalized spacial score (nSPS) is 8.14. The molecule has 0 bridgehead atoms. The fraction of sp³-hybridized carbons (Fsp3) is 0.100. The van der Waals surface area contributed by atoms with Crippen molar-refractivity contribution in [1.82, 2.24) is 0 Å². The molecule has 0 saturated heterocycles. The van der Waals surface area contributed by atoms with Gasteiger partial charge >= 0.3 is 5.97 Å². The maximum absolute atomic E-state index is 9.60. The fourth-order valence-corrected chi connectivity index (χ4v) is 0.534. The van der Waals surface area contributed by atoms with Crippen LogP contribution in [0.25, 0.3) is 0 Å². The van der Waals surface area contributed by atoms with Crippen LogP contribution in [0.2, 0.25) is 0 Å². The summed E-state index contributed by atoms with van der Waals surface area (Å²) >= 11 is 0. The second kappa shape index (κ2) is 6.68. The van der Waals surface area contributed by atoms with Crippen molar-refractivity contribution >= 4 is 11.7 Å². The average molecular weight is 194 g/mol. The van der Waals surface area contributed by atoms with Crippen LogP contribution < -0.4 is 11.3 Å². The lowest BCUT2D eigenvalue weighted by Gasteiger charge is -1.94. The molecule has 1 aromatic rings. The molecule has 0 atom stereocenters. The summed E-state index contributed by atoms with van der Waals surface area (Å²) in [6, 6.07) is 9.60. The predicted molar refractivity (Wildman–Crippen MR) is 56.7 cm³/mol. The van der Waals surface area contributed by atoms with E-state index in [0.29, 0.717) is 0 Å². The Kier molecular flexibility index (Phi) is 5.82. The summed E-state index contributed by atoms with van der Waals surface area (Å²) < 4.78 is 0. The zero-order chi connectivity index (χ0) is 11.0. The summed E-state index contributed by atoms with van der Waals surface area (Å²) in [5.74, 6) is 4.16. The molecule has 14 heavy (non-hydrogen) atoms. The molecule has 0 aromatic heterocycles. The first-order valence-corrected chi connectivity index (χ1v) is 3.98. The quantitative estimate of drug-likeness (QED) is 0.380. The fourth-order valence-electron chi connectivity index (χ4n) is 0.534. The van der Waals surface area contributed by atoms with Gasteiger partial charge in [-0.3, -0.25) is 5.84 Å². The number of hydrogen-bond donors (Lipinski definition) is 3. The minimum Gasteiger partial charge on any atom is -0.478 e. The van der Waals surface area contributed by atoms with E-state index in [1.807, 2.05) is 30.3 Å². The van der Waals surface area contributed by atoms with Gasteiger partial charge in [0.2, 0.25) is 0 Å². The van der Waals surface area contributed by atoms with Crippen LogP contribution >= 0.6 is 0 Å². The van der Waals surface area contributed by atoms with Crippen LogP contribution in [0, 0.1) is 0 Å². The number of benzene rings is 1. The number of nitrogens with two attached hydrogens (primary N) is 1. The highest BCUT2D eigenvalue weighted by Gasteiger charge is 1.90. The van der Waals surface area contributed by atoms with Crippen LogP contribution in [-0.4, -0.2) is 11.1 Å². The number of aliphatic carboxylic acids is 1. The largest absolute Gasteiger partial charge is 0.478 e. The van der Waals surface area contributed by atoms with E-state index < -0.39 is 5.97 Å². The Morgan fingerprint density at radius 3 is 2.07 bits per heavy atom. The summed E-state index contributed by atoms with van der Waals surface area (Å²) in [4.78, 5) is 9.60. The summed E-state index contributed by atoms with van der Waals surface area (Å²) in [5, 5.41) is 7.89. The molecular weight excluding hydrogens is 180 g/mol. The van der Waals surface area contributed by atoms with Crippen LogP contribution in [0.3, 0.4) is 0 Å². The van der Waals surface area contributed by atoms with Crippen molar-refractivity contribution in [2.75, 3.05) is 5.43 Å². The standard InChI is InChI=1S/C6H8N2.C4H6O2/c7-8-6-4-2-1-3-5-6;1-3(2)4(5)6/h1-5,8H,7H2;1H2,2H3,(H,5,6). The van der Waals surface area contributed by atoms with Crippen LogP contribution in [0.15, 0.2) is 42.5 Å². The first kappa shape index (κ1) is 12.2. The van der Waals surface area contributed by atoms with E-state index in [9.17, 15) is 4.79 Å². The van der Waals surface area contributed by atoms with Gasteiger partial charge in [0, 0.05) is 11.3 Å². The van der Waals surface area contributed by atoms with Gasteiger partial charge in [-0.05, 0) is 19.1 Å². The Morgan fingerprint density at radius 1 is 1.43 bits per heavy atom. The maximum atomic E-state index is 9.60. The third kappa shape index (κ3) is 5.79. The summed E-state index contributed by atoms with van der Waals surface area (Å²) in [6.45, 7) is 4.60. The van der Waals surface area contributed by atoms with Gasteiger partial charge < -0.3 is 10.5 Å². The lowest BCUT2D eigenvalue weighted by Crippen LogP contribution is -2.05. The molecule has 76 valence electrons. The highest BCUT2D eigenvalue weighted by atomic mass is 16.4. The Labute approximate surface area is 83.0 Å². The van der Waals surface area contributed by atoms with Gasteiger partial charge in [0.25, 0.3) is 0 Å². The summed E-state index contributed by atoms with van der Waals surface area (Å²) in [6.07, 6.45) is 0. The molecule has 0 radical (unpaired) electrons. The minimum absolute atomic E-state index is 0.176. The molecule has 0 amide bonds. The Hall–Kier alpha value is -1.81.